The molecule has 1 aliphatic carbocycles. The molecule has 0 unspecified atom stereocenters. The molecular weight excluding hydrogens is 248 g/mol. The normalized spacial score (nSPS) is 14.8. The Hall–Kier alpha value is -1.75. The quantitative estimate of drug-likeness (QED) is 0.898. The lowest BCUT2D eigenvalue weighted by Gasteiger charge is -2.10. The Labute approximate surface area is 110 Å². The van der Waals surface area contributed by atoms with E-state index < -0.39 is 11.6 Å². The van der Waals surface area contributed by atoms with Crippen LogP contribution in [0.25, 0.3) is 0 Å². The Balaban J connectivity index is 1.77. The van der Waals surface area contributed by atoms with Gasteiger partial charge in [-0.05, 0) is 25.0 Å². The van der Waals surface area contributed by atoms with Gasteiger partial charge in [0.2, 0.25) is 0 Å². The highest BCUT2D eigenvalue weighted by Gasteiger charge is 2.21. The van der Waals surface area contributed by atoms with Gasteiger partial charge < -0.3 is 9.88 Å². The van der Waals surface area contributed by atoms with E-state index in [0.717, 1.165) is 5.82 Å². The molecule has 1 fully saturated rings. The van der Waals surface area contributed by atoms with Crippen LogP contribution in [-0.2, 0) is 13.1 Å². The zero-order chi connectivity index (χ0) is 13.2. The second-order valence-electron chi connectivity index (χ2n) is 4.83. The summed E-state index contributed by atoms with van der Waals surface area (Å²) in [5.74, 6) is -0.237. The second-order valence-corrected chi connectivity index (χ2v) is 4.83. The Kier molecular flexibility index (Phi) is 3.29. The van der Waals surface area contributed by atoms with E-state index in [2.05, 4.69) is 10.3 Å². The molecule has 1 aromatic heterocycles. The first-order chi connectivity index (χ1) is 9.24. The van der Waals surface area contributed by atoms with Crippen LogP contribution < -0.4 is 5.32 Å². The first-order valence-electron chi connectivity index (χ1n) is 6.40. The van der Waals surface area contributed by atoms with Gasteiger partial charge in [0.05, 0.1) is 13.1 Å². The molecule has 5 heteroatoms. The van der Waals surface area contributed by atoms with Gasteiger partial charge in [-0.3, -0.25) is 0 Å². The summed E-state index contributed by atoms with van der Waals surface area (Å²) in [6.07, 6.45) is 5.80. The molecular formula is C14H15F2N3. The number of nitrogens with one attached hydrogen (secondary N) is 1. The number of hydrogen-bond acceptors (Lipinski definition) is 2. The summed E-state index contributed by atoms with van der Waals surface area (Å²) in [5.41, 5.74) is 0.0770. The van der Waals surface area contributed by atoms with E-state index in [-0.39, 0.29) is 12.1 Å². The third-order valence-corrected chi connectivity index (χ3v) is 3.32. The summed E-state index contributed by atoms with van der Waals surface area (Å²) in [5, 5.41) is 3.34. The van der Waals surface area contributed by atoms with Gasteiger partial charge >= 0.3 is 0 Å². The second kappa shape index (κ2) is 5.09. The average molecular weight is 263 g/mol. The number of halogens is 2. The molecule has 1 aliphatic rings. The van der Waals surface area contributed by atoms with Gasteiger partial charge in [-0.2, -0.15) is 0 Å². The molecule has 0 bridgehead atoms. The van der Waals surface area contributed by atoms with Crippen molar-refractivity contribution in [2.75, 3.05) is 0 Å². The smallest absolute Gasteiger partial charge is 0.131 e. The summed E-state index contributed by atoms with van der Waals surface area (Å²) in [7, 11) is 0. The molecule has 0 saturated heterocycles. The molecule has 1 saturated carbocycles. The maximum atomic E-state index is 13.6. The average Bonchev–Trinajstić information content (AvgIpc) is 3.11. The van der Waals surface area contributed by atoms with E-state index in [1.54, 1.807) is 17.0 Å². The Morgan fingerprint density at radius 1 is 1.26 bits per heavy atom. The highest BCUT2D eigenvalue weighted by Crippen LogP contribution is 2.19. The molecule has 100 valence electrons. The Bertz CT molecular complexity index is 556. The number of aromatic nitrogens is 2. The van der Waals surface area contributed by atoms with Crippen LogP contribution in [0.5, 0.6) is 0 Å². The lowest BCUT2D eigenvalue weighted by atomic mass is 10.2. The fourth-order valence-electron chi connectivity index (χ4n) is 2.03. The molecule has 1 N–H and O–H groups in total. The third-order valence-electron chi connectivity index (χ3n) is 3.32. The summed E-state index contributed by atoms with van der Waals surface area (Å²) in [6.45, 7) is 0.800. The molecule has 3 nitrogen and oxygen atoms in total. The molecule has 0 aliphatic heterocycles. The van der Waals surface area contributed by atoms with Crippen LogP contribution >= 0.6 is 0 Å². The Morgan fingerprint density at radius 3 is 2.68 bits per heavy atom. The van der Waals surface area contributed by atoms with Gasteiger partial charge in [0.25, 0.3) is 0 Å². The van der Waals surface area contributed by atoms with E-state index in [9.17, 15) is 8.78 Å². The fraction of sp³-hybridized carbons (Fsp3) is 0.357. The highest BCUT2D eigenvalue weighted by molar-refractivity contribution is 5.20. The zero-order valence-corrected chi connectivity index (χ0v) is 10.4. The van der Waals surface area contributed by atoms with Crippen molar-refractivity contribution in [1.29, 1.82) is 0 Å². The molecule has 1 aromatic carbocycles. The van der Waals surface area contributed by atoms with E-state index in [1.165, 1.54) is 31.0 Å². The van der Waals surface area contributed by atoms with Crippen LogP contribution in [0.15, 0.2) is 30.6 Å². The first-order valence-corrected chi connectivity index (χ1v) is 6.40. The molecule has 0 atom stereocenters. The van der Waals surface area contributed by atoms with Crippen molar-refractivity contribution >= 4 is 0 Å². The van der Waals surface area contributed by atoms with E-state index >= 15 is 0 Å². The predicted octanol–water partition coefficient (Wildman–Crippen LogP) is 2.46. The maximum Gasteiger partial charge on any atom is 0.131 e. The SMILES string of the molecule is Fc1cccc(F)c1Cn1ccnc1CNC1CC1. The fourth-order valence-corrected chi connectivity index (χ4v) is 2.03. The van der Waals surface area contributed by atoms with Gasteiger partial charge in [-0.15, -0.1) is 0 Å². The number of hydrogen-bond donors (Lipinski definition) is 1. The predicted molar refractivity (Wildman–Crippen MR) is 67.5 cm³/mol. The number of imidazole rings is 1. The van der Waals surface area contributed by atoms with Crippen LogP contribution in [0.2, 0.25) is 0 Å². The number of rotatable bonds is 5. The van der Waals surface area contributed by atoms with Crippen LogP contribution in [0.3, 0.4) is 0 Å². The third kappa shape index (κ3) is 2.81. The molecule has 0 radical (unpaired) electrons. The molecule has 1 heterocycles. The van der Waals surface area contributed by atoms with Crippen molar-refractivity contribution in [3.63, 3.8) is 0 Å². The van der Waals surface area contributed by atoms with Gasteiger partial charge in [0.1, 0.15) is 17.5 Å². The zero-order valence-electron chi connectivity index (χ0n) is 10.4. The number of benzene rings is 1. The highest BCUT2D eigenvalue weighted by atomic mass is 19.1. The van der Waals surface area contributed by atoms with Crippen molar-refractivity contribution in [3.05, 3.63) is 53.6 Å². The Morgan fingerprint density at radius 2 is 2.00 bits per heavy atom. The van der Waals surface area contributed by atoms with Crippen molar-refractivity contribution in [3.8, 4) is 0 Å². The molecule has 0 amide bonds. The topological polar surface area (TPSA) is 29.9 Å². The van der Waals surface area contributed by atoms with Crippen molar-refractivity contribution in [2.24, 2.45) is 0 Å². The van der Waals surface area contributed by atoms with Gasteiger partial charge in [0.15, 0.2) is 0 Å². The molecule has 19 heavy (non-hydrogen) atoms. The lowest BCUT2D eigenvalue weighted by molar-refractivity contribution is 0.535. The minimum atomic E-state index is -0.519. The molecule has 0 spiro atoms. The van der Waals surface area contributed by atoms with Crippen LogP contribution in [-0.4, -0.2) is 15.6 Å². The minimum Gasteiger partial charge on any atom is -0.329 e. The van der Waals surface area contributed by atoms with E-state index in [4.69, 9.17) is 0 Å². The summed E-state index contributed by atoms with van der Waals surface area (Å²) >= 11 is 0. The number of nitrogens with zero attached hydrogens (tertiary/aromatic N) is 2. The molecule has 2 aromatic rings. The first kappa shape index (κ1) is 12.3. The van der Waals surface area contributed by atoms with Gasteiger partial charge in [-0.25, -0.2) is 13.8 Å². The van der Waals surface area contributed by atoms with E-state index in [0.29, 0.717) is 12.6 Å². The monoisotopic (exact) mass is 263 g/mol. The van der Waals surface area contributed by atoms with Gasteiger partial charge in [0, 0.05) is 24.0 Å². The standard InChI is InChI=1S/C14H15F2N3/c15-12-2-1-3-13(16)11(12)9-19-7-6-17-14(19)8-18-10-4-5-10/h1-3,6-7,10,18H,4-5,8-9H2. The van der Waals surface area contributed by atoms with Crippen molar-refractivity contribution < 1.29 is 8.78 Å². The van der Waals surface area contributed by atoms with E-state index in [1.807, 2.05) is 0 Å². The van der Waals surface area contributed by atoms with Crippen molar-refractivity contribution in [1.82, 2.24) is 14.9 Å². The maximum absolute atomic E-state index is 13.6. The van der Waals surface area contributed by atoms with Crippen LogP contribution in [0.4, 0.5) is 8.78 Å². The lowest BCUT2D eigenvalue weighted by Crippen LogP contribution is -2.19. The van der Waals surface area contributed by atoms with Crippen LogP contribution in [0.1, 0.15) is 24.2 Å². The van der Waals surface area contributed by atoms with Crippen LogP contribution in [0, 0.1) is 11.6 Å². The summed E-state index contributed by atoms with van der Waals surface area (Å²) in [6, 6.07) is 4.50. The summed E-state index contributed by atoms with van der Waals surface area (Å²) < 4.78 is 29.0. The van der Waals surface area contributed by atoms with Crippen molar-refractivity contribution in [2.45, 2.75) is 32.0 Å². The summed E-state index contributed by atoms with van der Waals surface area (Å²) in [4.78, 5) is 4.23. The minimum absolute atomic E-state index is 0.0770. The largest absolute Gasteiger partial charge is 0.329 e. The van der Waals surface area contributed by atoms with Gasteiger partial charge in [-0.1, -0.05) is 6.07 Å². The molecule has 3 rings (SSSR count).